The first-order chi connectivity index (χ1) is 8.11. The van der Waals surface area contributed by atoms with Crippen LogP contribution in [0.3, 0.4) is 0 Å². The fraction of sp³-hybridized carbons (Fsp3) is 0.923. The Bertz CT molecular complexity index is 278. The average Bonchev–Trinajstić information content (AvgIpc) is 3.03. The summed E-state index contributed by atoms with van der Waals surface area (Å²) in [5.41, 5.74) is 5.50. The van der Waals surface area contributed by atoms with E-state index in [1.54, 1.807) is 0 Å². The van der Waals surface area contributed by atoms with Crippen LogP contribution >= 0.6 is 0 Å². The number of carbonyl (C=O) groups is 1. The molecular formula is C13H25N3O. The predicted octanol–water partition coefficient (Wildman–Crippen LogP) is 0.855. The molecular weight excluding hydrogens is 214 g/mol. The third-order valence-corrected chi connectivity index (χ3v) is 4.18. The molecule has 1 saturated heterocycles. The molecule has 0 spiro atoms. The Kier molecular flexibility index (Phi) is 4.05. The van der Waals surface area contributed by atoms with E-state index in [0.29, 0.717) is 18.1 Å². The van der Waals surface area contributed by atoms with Crippen molar-refractivity contribution in [1.82, 2.24) is 10.2 Å². The van der Waals surface area contributed by atoms with Crippen LogP contribution in [0.4, 0.5) is 0 Å². The number of carbonyl (C=O) groups excluding carboxylic acids is 1. The molecule has 0 bridgehead atoms. The summed E-state index contributed by atoms with van der Waals surface area (Å²) in [6.07, 6.45) is 6.05. The first kappa shape index (κ1) is 12.8. The van der Waals surface area contributed by atoms with Gasteiger partial charge in [-0.05, 0) is 39.0 Å². The minimum Gasteiger partial charge on any atom is -0.368 e. The molecule has 1 aliphatic carbocycles. The van der Waals surface area contributed by atoms with E-state index in [9.17, 15) is 4.79 Å². The van der Waals surface area contributed by atoms with Gasteiger partial charge in [-0.3, -0.25) is 9.69 Å². The molecule has 0 aromatic rings. The van der Waals surface area contributed by atoms with Crippen LogP contribution in [0.1, 0.15) is 46.0 Å². The van der Waals surface area contributed by atoms with Crippen molar-refractivity contribution in [2.24, 2.45) is 5.73 Å². The zero-order valence-corrected chi connectivity index (χ0v) is 11.0. The summed E-state index contributed by atoms with van der Waals surface area (Å²) in [5.74, 6) is -0.203. The van der Waals surface area contributed by atoms with Crippen molar-refractivity contribution >= 4 is 5.91 Å². The molecule has 2 aliphatic rings. The largest absolute Gasteiger partial charge is 0.368 e. The Morgan fingerprint density at radius 2 is 2.12 bits per heavy atom. The second-order valence-electron chi connectivity index (χ2n) is 5.58. The summed E-state index contributed by atoms with van der Waals surface area (Å²) in [5, 5.41) is 3.37. The number of rotatable bonds is 6. The van der Waals surface area contributed by atoms with E-state index < -0.39 is 0 Å². The lowest BCUT2D eigenvalue weighted by Gasteiger charge is -2.31. The zero-order valence-electron chi connectivity index (χ0n) is 11.0. The fourth-order valence-corrected chi connectivity index (χ4v) is 2.86. The van der Waals surface area contributed by atoms with Gasteiger partial charge >= 0.3 is 0 Å². The molecule has 0 radical (unpaired) electrons. The Morgan fingerprint density at radius 1 is 1.41 bits per heavy atom. The monoisotopic (exact) mass is 239 g/mol. The van der Waals surface area contributed by atoms with Gasteiger partial charge in [0.15, 0.2) is 0 Å². The SMILES string of the molecule is CCC1CCC(C)N1CC(NC1CC1)C(N)=O. The predicted molar refractivity (Wildman–Crippen MR) is 68.6 cm³/mol. The number of nitrogens with zero attached hydrogens (tertiary/aromatic N) is 1. The lowest BCUT2D eigenvalue weighted by Crippen LogP contribution is -2.52. The van der Waals surface area contributed by atoms with Crippen molar-refractivity contribution < 1.29 is 4.79 Å². The molecule has 0 aromatic carbocycles. The fourth-order valence-electron chi connectivity index (χ4n) is 2.86. The summed E-state index contributed by atoms with van der Waals surface area (Å²) in [6.45, 7) is 5.26. The van der Waals surface area contributed by atoms with Gasteiger partial charge in [0.2, 0.25) is 5.91 Å². The van der Waals surface area contributed by atoms with Crippen molar-refractivity contribution in [1.29, 1.82) is 0 Å². The molecule has 98 valence electrons. The molecule has 3 atom stereocenters. The quantitative estimate of drug-likeness (QED) is 0.722. The number of primary amides is 1. The molecule has 1 saturated carbocycles. The lowest BCUT2D eigenvalue weighted by atomic mass is 10.1. The molecule has 17 heavy (non-hydrogen) atoms. The summed E-state index contributed by atoms with van der Waals surface area (Å²) in [6, 6.07) is 1.58. The van der Waals surface area contributed by atoms with E-state index >= 15 is 0 Å². The Balaban J connectivity index is 1.92. The smallest absolute Gasteiger partial charge is 0.235 e. The van der Waals surface area contributed by atoms with Crippen LogP contribution in [0, 0.1) is 0 Å². The minimum absolute atomic E-state index is 0.169. The number of hydrogen-bond acceptors (Lipinski definition) is 3. The van der Waals surface area contributed by atoms with Crippen LogP contribution in [0.5, 0.6) is 0 Å². The van der Waals surface area contributed by atoms with E-state index in [-0.39, 0.29) is 11.9 Å². The van der Waals surface area contributed by atoms with Crippen molar-refractivity contribution in [3.05, 3.63) is 0 Å². The lowest BCUT2D eigenvalue weighted by molar-refractivity contribution is -0.120. The van der Waals surface area contributed by atoms with Gasteiger partial charge in [0.25, 0.3) is 0 Å². The zero-order chi connectivity index (χ0) is 12.4. The molecule has 2 rings (SSSR count). The van der Waals surface area contributed by atoms with Crippen LogP contribution in [0.25, 0.3) is 0 Å². The van der Waals surface area contributed by atoms with Gasteiger partial charge in [0, 0.05) is 24.7 Å². The molecule has 3 N–H and O–H groups in total. The highest BCUT2D eigenvalue weighted by Crippen LogP contribution is 2.26. The maximum absolute atomic E-state index is 11.5. The molecule has 4 heteroatoms. The van der Waals surface area contributed by atoms with Crippen molar-refractivity contribution in [3.8, 4) is 0 Å². The van der Waals surface area contributed by atoms with E-state index in [1.165, 1.54) is 32.1 Å². The van der Waals surface area contributed by atoms with Crippen molar-refractivity contribution in [2.75, 3.05) is 6.54 Å². The number of hydrogen-bond donors (Lipinski definition) is 2. The first-order valence-corrected chi connectivity index (χ1v) is 6.93. The Morgan fingerprint density at radius 3 is 2.65 bits per heavy atom. The maximum Gasteiger partial charge on any atom is 0.235 e. The molecule has 0 aromatic heterocycles. The van der Waals surface area contributed by atoms with Gasteiger partial charge in [-0.2, -0.15) is 0 Å². The molecule has 1 aliphatic heterocycles. The number of nitrogens with one attached hydrogen (secondary N) is 1. The van der Waals surface area contributed by atoms with Gasteiger partial charge in [0.05, 0.1) is 6.04 Å². The van der Waals surface area contributed by atoms with Gasteiger partial charge in [-0.15, -0.1) is 0 Å². The van der Waals surface area contributed by atoms with Crippen molar-refractivity contribution in [2.45, 2.75) is 70.1 Å². The highest BCUT2D eigenvalue weighted by Gasteiger charge is 2.34. The van der Waals surface area contributed by atoms with E-state index in [4.69, 9.17) is 5.73 Å². The number of amides is 1. The molecule has 2 fully saturated rings. The summed E-state index contributed by atoms with van der Waals surface area (Å²) in [7, 11) is 0. The second-order valence-corrected chi connectivity index (χ2v) is 5.58. The molecule has 3 unspecified atom stereocenters. The van der Waals surface area contributed by atoms with Gasteiger partial charge < -0.3 is 11.1 Å². The van der Waals surface area contributed by atoms with Crippen LogP contribution in [0.15, 0.2) is 0 Å². The Hall–Kier alpha value is -0.610. The summed E-state index contributed by atoms with van der Waals surface area (Å²) >= 11 is 0. The summed E-state index contributed by atoms with van der Waals surface area (Å²) in [4.78, 5) is 13.9. The third-order valence-electron chi connectivity index (χ3n) is 4.18. The topological polar surface area (TPSA) is 58.4 Å². The molecule has 4 nitrogen and oxygen atoms in total. The van der Waals surface area contributed by atoms with Gasteiger partial charge in [-0.25, -0.2) is 0 Å². The average molecular weight is 239 g/mol. The van der Waals surface area contributed by atoms with Crippen LogP contribution in [-0.4, -0.2) is 41.5 Å². The van der Waals surface area contributed by atoms with Gasteiger partial charge in [-0.1, -0.05) is 6.92 Å². The third kappa shape index (κ3) is 3.19. The Labute approximate surface area is 104 Å². The highest BCUT2D eigenvalue weighted by molar-refractivity contribution is 5.80. The summed E-state index contributed by atoms with van der Waals surface area (Å²) < 4.78 is 0. The van der Waals surface area contributed by atoms with E-state index in [2.05, 4.69) is 24.1 Å². The minimum atomic E-state index is -0.203. The van der Waals surface area contributed by atoms with Crippen molar-refractivity contribution in [3.63, 3.8) is 0 Å². The van der Waals surface area contributed by atoms with E-state index in [0.717, 1.165) is 6.54 Å². The normalized spacial score (nSPS) is 31.6. The molecule has 1 amide bonds. The standard InChI is InChI=1S/C13H25N3O/c1-3-11-7-4-9(2)16(11)8-12(13(14)17)15-10-5-6-10/h9-12,15H,3-8H2,1-2H3,(H2,14,17). The van der Waals surface area contributed by atoms with Crippen LogP contribution < -0.4 is 11.1 Å². The van der Waals surface area contributed by atoms with E-state index in [1.807, 2.05) is 0 Å². The van der Waals surface area contributed by atoms with Crippen LogP contribution in [0.2, 0.25) is 0 Å². The number of nitrogens with two attached hydrogens (primary N) is 1. The second kappa shape index (κ2) is 5.36. The molecule has 1 heterocycles. The number of likely N-dealkylation sites (tertiary alicyclic amines) is 1. The van der Waals surface area contributed by atoms with Crippen LogP contribution in [-0.2, 0) is 4.79 Å². The first-order valence-electron chi connectivity index (χ1n) is 6.93. The highest BCUT2D eigenvalue weighted by atomic mass is 16.1. The van der Waals surface area contributed by atoms with Gasteiger partial charge in [0.1, 0.15) is 0 Å². The maximum atomic E-state index is 11.5.